The Morgan fingerprint density at radius 2 is 1.56 bits per heavy atom. The molecule has 2 nitrogen and oxygen atoms in total. The maximum Gasteiger partial charge on any atom is 0.389 e. The van der Waals surface area contributed by atoms with Gasteiger partial charge in [-0.3, -0.25) is 4.79 Å². The Balaban J connectivity index is 2.03. The second kappa shape index (κ2) is 9.39. The van der Waals surface area contributed by atoms with E-state index in [1.54, 1.807) is 24.3 Å². The molecule has 0 radical (unpaired) electrons. The number of benzene rings is 2. The topological polar surface area (TPSA) is 26.3 Å². The molecule has 144 valence electrons. The van der Waals surface area contributed by atoms with E-state index in [0.717, 1.165) is 16.7 Å². The zero-order valence-corrected chi connectivity index (χ0v) is 17.2. The molecule has 2 aromatic carbocycles. The third kappa shape index (κ3) is 6.68. The summed E-state index contributed by atoms with van der Waals surface area (Å²) in [5, 5.41) is 0. The maximum absolute atomic E-state index is 12.6. The molecule has 6 heteroatoms. The lowest BCUT2D eigenvalue weighted by Gasteiger charge is -2.10. The van der Waals surface area contributed by atoms with Gasteiger partial charge < -0.3 is 4.74 Å². The van der Waals surface area contributed by atoms with Gasteiger partial charge in [0.1, 0.15) is 5.75 Å². The molecular weight excluding hydrogens is 468 g/mol. The fourth-order valence-corrected chi connectivity index (χ4v) is 3.02. The molecular formula is C21H20F3IO2. The van der Waals surface area contributed by atoms with Gasteiger partial charge in [0.15, 0.2) is 5.78 Å². The van der Waals surface area contributed by atoms with E-state index in [2.05, 4.69) is 0 Å². The number of hydrogen-bond donors (Lipinski definition) is 0. The van der Waals surface area contributed by atoms with Crippen LogP contribution in [0.3, 0.4) is 0 Å². The number of ketones is 1. The Kier molecular flexibility index (Phi) is 7.47. The Labute approximate surface area is 170 Å². The zero-order chi connectivity index (χ0) is 20.0. The van der Waals surface area contributed by atoms with Crippen molar-refractivity contribution in [3.05, 3.63) is 68.8 Å². The van der Waals surface area contributed by atoms with E-state index in [-0.39, 0.29) is 18.8 Å². The normalized spacial score (nSPS) is 12.5. The molecule has 0 heterocycles. The van der Waals surface area contributed by atoms with Gasteiger partial charge in [0, 0.05) is 12.0 Å². The SMILES string of the molecule is CC(=C(I)C(=O)c1ccc(C)cc1)c1ccc(OCCCC(F)(F)F)cc1. The predicted molar refractivity (Wildman–Crippen MR) is 109 cm³/mol. The minimum atomic E-state index is -4.16. The van der Waals surface area contributed by atoms with E-state index in [9.17, 15) is 18.0 Å². The van der Waals surface area contributed by atoms with Gasteiger partial charge in [-0.2, -0.15) is 13.2 Å². The number of alkyl halides is 3. The summed E-state index contributed by atoms with van der Waals surface area (Å²) in [5.41, 5.74) is 3.43. The third-order valence-electron chi connectivity index (χ3n) is 4.00. The summed E-state index contributed by atoms with van der Waals surface area (Å²) in [7, 11) is 0. The summed E-state index contributed by atoms with van der Waals surface area (Å²) in [5.74, 6) is 0.467. The van der Waals surface area contributed by atoms with E-state index in [1.165, 1.54) is 0 Å². The summed E-state index contributed by atoms with van der Waals surface area (Å²) in [6, 6.07) is 14.4. The molecule has 0 aliphatic heterocycles. The summed E-state index contributed by atoms with van der Waals surface area (Å²) < 4.78 is 42.3. The van der Waals surface area contributed by atoms with Gasteiger partial charge in [-0.05, 0) is 66.1 Å². The highest BCUT2D eigenvalue weighted by molar-refractivity contribution is 14.1. The summed E-state index contributed by atoms with van der Waals surface area (Å²) >= 11 is 2.05. The molecule has 27 heavy (non-hydrogen) atoms. The van der Waals surface area contributed by atoms with Gasteiger partial charge in [-0.15, -0.1) is 0 Å². The fourth-order valence-electron chi connectivity index (χ4n) is 2.39. The van der Waals surface area contributed by atoms with Crippen molar-refractivity contribution in [1.82, 2.24) is 0 Å². The standard InChI is InChI=1S/C21H20F3IO2/c1-14-4-6-17(7-5-14)20(26)19(25)15(2)16-8-10-18(11-9-16)27-13-3-12-21(22,23)24/h4-11H,3,12-13H2,1-2H3. The lowest BCUT2D eigenvalue weighted by molar-refractivity contribution is -0.136. The molecule has 0 bridgehead atoms. The number of aryl methyl sites for hydroxylation is 1. The zero-order valence-electron chi connectivity index (χ0n) is 15.1. The van der Waals surface area contributed by atoms with Gasteiger partial charge >= 0.3 is 6.18 Å². The molecule has 0 aliphatic carbocycles. The highest BCUT2D eigenvalue weighted by Gasteiger charge is 2.26. The highest BCUT2D eigenvalue weighted by atomic mass is 127. The average Bonchev–Trinajstić information content (AvgIpc) is 2.64. The molecule has 0 saturated carbocycles. The lowest BCUT2D eigenvalue weighted by atomic mass is 10.0. The highest BCUT2D eigenvalue weighted by Crippen LogP contribution is 2.28. The summed E-state index contributed by atoms with van der Waals surface area (Å²) in [6.45, 7) is 3.84. The number of Topliss-reactive ketones (excluding diaryl/α,β-unsaturated/α-hetero) is 1. The number of halogens is 4. The first-order chi connectivity index (χ1) is 12.7. The number of carbonyl (C=O) groups is 1. The van der Waals surface area contributed by atoms with E-state index >= 15 is 0 Å². The van der Waals surface area contributed by atoms with Crippen molar-refractivity contribution in [2.45, 2.75) is 32.9 Å². The van der Waals surface area contributed by atoms with Crippen molar-refractivity contribution in [3.63, 3.8) is 0 Å². The van der Waals surface area contributed by atoms with Crippen LogP contribution in [-0.4, -0.2) is 18.6 Å². The molecule has 0 aliphatic rings. The van der Waals surface area contributed by atoms with Crippen LogP contribution < -0.4 is 4.74 Å². The molecule has 0 fully saturated rings. The second-order valence-electron chi connectivity index (χ2n) is 6.23. The molecule has 2 aromatic rings. The number of allylic oxidation sites excluding steroid dienone is 2. The fraction of sp³-hybridized carbons (Fsp3) is 0.286. The van der Waals surface area contributed by atoms with Crippen LogP contribution >= 0.6 is 22.6 Å². The molecule has 0 saturated heterocycles. The second-order valence-corrected chi connectivity index (χ2v) is 7.30. The van der Waals surface area contributed by atoms with Crippen molar-refractivity contribution in [3.8, 4) is 5.75 Å². The van der Waals surface area contributed by atoms with Gasteiger partial charge in [-0.25, -0.2) is 0 Å². The van der Waals surface area contributed by atoms with Gasteiger partial charge in [0.25, 0.3) is 0 Å². The first-order valence-corrected chi connectivity index (χ1v) is 9.53. The number of ether oxygens (including phenoxy) is 1. The Hall–Kier alpha value is -1.83. The Bertz CT molecular complexity index is 807. The third-order valence-corrected chi connectivity index (χ3v) is 5.30. The van der Waals surface area contributed by atoms with Gasteiger partial charge in [0.2, 0.25) is 0 Å². The molecule has 2 rings (SSSR count). The van der Waals surface area contributed by atoms with Crippen LogP contribution in [0, 0.1) is 6.92 Å². The first-order valence-electron chi connectivity index (χ1n) is 8.45. The first kappa shape index (κ1) is 21.5. The van der Waals surface area contributed by atoms with E-state index in [4.69, 9.17) is 4.74 Å². The van der Waals surface area contributed by atoms with Crippen LogP contribution in [0.1, 0.15) is 41.3 Å². The minimum absolute atomic E-state index is 0.0110. The van der Waals surface area contributed by atoms with E-state index in [0.29, 0.717) is 14.9 Å². The molecule has 0 atom stereocenters. The van der Waals surface area contributed by atoms with Crippen LogP contribution in [-0.2, 0) is 0 Å². The number of hydrogen-bond acceptors (Lipinski definition) is 2. The quantitative estimate of drug-likeness (QED) is 0.186. The summed E-state index contributed by atoms with van der Waals surface area (Å²) in [6.07, 6.45) is -5.09. The van der Waals surface area contributed by atoms with Crippen molar-refractivity contribution in [2.75, 3.05) is 6.61 Å². The Morgan fingerprint density at radius 3 is 2.11 bits per heavy atom. The molecule has 0 aromatic heterocycles. The van der Waals surface area contributed by atoms with E-state index in [1.807, 2.05) is 60.7 Å². The molecule has 0 spiro atoms. The van der Waals surface area contributed by atoms with Crippen LogP contribution in [0.25, 0.3) is 5.57 Å². The predicted octanol–water partition coefficient (Wildman–Crippen LogP) is 6.77. The van der Waals surface area contributed by atoms with Gasteiger partial charge in [0.05, 0.1) is 10.2 Å². The lowest BCUT2D eigenvalue weighted by Crippen LogP contribution is -2.09. The molecule has 0 N–H and O–H groups in total. The van der Waals surface area contributed by atoms with Gasteiger partial charge in [-0.1, -0.05) is 42.0 Å². The van der Waals surface area contributed by atoms with Crippen LogP contribution in [0.4, 0.5) is 13.2 Å². The molecule has 0 unspecified atom stereocenters. The van der Waals surface area contributed by atoms with Crippen molar-refractivity contribution in [1.29, 1.82) is 0 Å². The monoisotopic (exact) mass is 488 g/mol. The number of carbonyl (C=O) groups excluding carboxylic acids is 1. The smallest absolute Gasteiger partial charge is 0.389 e. The van der Waals surface area contributed by atoms with E-state index < -0.39 is 12.6 Å². The van der Waals surface area contributed by atoms with Crippen LogP contribution in [0.15, 0.2) is 52.1 Å². The van der Waals surface area contributed by atoms with Crippen molar-refractivity contribution < 1.29 is 22.7 Å². The largest absolute Gasteiger partial charge is 0.494 e. The van der Waals surface area contributed by atoms with Crippen molar-refractivity contribution >= 4 is 33.9 Å². The summed E-state index contributed by atoms with van der Waals surface area (Å²) in [4.78, 5) is 12.6. The minimum Gasteiger partial charge on any atom is -0.494 e. The van der Waals surface area contributed by atoms with Crippen LogP contribution in [0.5, 0.6) is 5.75 Å². The van der Waals surface area contributed by atoms with Crippen molar-refractivity contribution in [2.24, 2.45) is 0 Å². The molecule has 0 amide bonds. The Morgan fingerprint density at radius 1 is 1.00 bits per heavy atom. The van der Waals surface area contributed by atoms with Crippen LogP contribution in [0.2, 0.25) is 0 Å². The average molecular weight is 488 g/mol. The number of rotatable bonds is 7. The maximum atomic E-state index is 12.6.